The van der Waals surface area contributed by atoms with E-state index in [0.29, 0.717) is 0 Å². The Kier molecular flexibility index (Phi) is 6.52. The predicted molar refractivity (Wildman–Crippen MR) is 88.8 cm³/mol. The normalized spacial score (nSPS) is 21.9. The van der Waals surface area contributed by atoms with Gasteiger partial charge in [-0.3, -0.25) is 0 Å². The standard InChI is InChI=1S/C18H30N2O/c1-4-11-19-18-10-6-8-16(18)14-20(2)13-15-7-5-9-17(12-15)21-3/h5,7,9,12,16,18-19H,4,6,8,10-11,13-14H2,1-3H3. The Labute approximate surface area is 129 Å². The highest BCUT2D eigenvalue weighted by atomic mass is 16.5. The predicted octanol–water partition coefficient (Wildman–Crippen LogP) is 3.30. The van der Waals surface area contributed by atoms with Crippen LogP contribution in [0.2, 0.25) is 0 Å². The first-order valence-corrected chi connectivity index (χ1v) is 8.27. The van der Waals surface area contributed by atoms with Gasteiger partial charge >= 0.3 is 0 Å². The molecule has 0 radical (unpaired) electrons. The molecule has 1 saturated carbocycles. The van der Waals surface area contributed by atoms with Gasteiger partial charge in [0.1, 0.15) is 5.75 Å². The molecule has 2 atom stereocenters. The molecule has 1 aromatic rings. The molecule has 0 heterocycles. The summed E-state index contributed by atoms with van der Waals surface area (Å²) in [6, 6.07) is 9.12. The molecule has 3 nitrogen and oxygen atoms in total. The van der Waals surface area contributed by atoms with Crippen LogP contribution in [0.1, 0.15) is 38.2 Å². The van der Waals surface area contributed by atoms with Crippen LogP contribution in [-0.4, -0.2) is 38.2 Å². The third-order valence-electron chi connectivity index (χ3n) is 4.45. The van der Waals surface area contributed by atoms with Gasteiger partial charge in [0.05, 0.1) is 7.11 Å². The van der Waals surface area contributed by atoms with Crippen molar-refractivity contribution in [1.29, 1.82) is 0 Å². The van der Waals surface area contributed by atoms with Crippen molar-refractivity contribution in [3.8, 4) is 5.75 Å². The molecule has 2 unspecified atom stereocenters. The summed E-state index contributed by atoms with van der Waals surface area (Å²) in [6.45, 7) is 5.57. The van der Waals surface area contributed by atoms with Crippen molar-refractivity contribution in [3.63, 3.8) is 0 Å². The second kappa shape index (κ2) is 8.40. The van der Waals surface area contributed by atoms with E-state index < -0.39 is 0 Å². The van der Waals surface area contributed by atoms with E-state index >= 15 is 0 Å². The summed E-state index contributed by atoms with van der Waals surface area (Å²) < 4.78 is 5.30. The first-order valence-electron chi connectivity index (χ1n) is 8.27. The molecular weight excluding hydrogens is 260 g/mol. The molecule has 1 N–H and O–H groups in total. The van der Waals surface area contributed by atoms with Gasteiger partial charge in [0.2, 0.25) is 0 Å². The number of methoxy groups -OCH3 is 1. The fourth-order valence-corrected chi connectivity index (χ4v) is 3.40. The average molecular weight is 290 g/mol. The lowest BCUT2D eigenvalue weighted by molar-refractivity contribution is 0.244. The maximum absolute atomic E-state index is 5.30. The van der Waals surface area contributed by atoms with Crippen LogP contribution in [0.4, 0.5) is 0 Å². The van der Waals surface area contributed by atoms with Crippen molar-refractivity contribution in [2.45, 2.75) is 45.2 Å². The van der Waals surface area contributed by atoms with Gasteiger partial charge in [-0.2, -0.15) is 0 Å². The van der Waals surface area contributed by atoms with Gasteiger partial charge in [-0.15, -0.1) is 0 Å². The number of nitrogens with one attached hydrogen (secondary N) is 1. The molecule has 3 heteroatoms. The van der Waals surface area contributed by atoms with Gasteiger partial charge in [-0.25, -0.2) is 0 Å². The van der Waals surface area contributed by atoms with Crippen LogP contribution in [0.15, 0.2) is 24.3 Å². The zero-order valence-corrected chi connectivity index (χ0v) is 13.8. The van der Waals surface area contributed by atoms with Crippen molar-refractivity contribution >= 4 is 0 Å². The Bertz CT molecular complexity index is 421. The lowest BCUT2D eigenvalue weighted by atomic mass is 10.0. The molecule has 0 saturated heterocycles. The van der Waals surface area contributed by atoms with Crippen LogP contribution in [0.3, 0.4) is 0 Å². The number of hydrogen-bond acceptors (Lipinski definition) is 3. The van der Waals surface area contributed by atoms with Crippen LogP contribution in [0.25, 0.3) is 0 Å². The van der Waals surface area contributed by atoms with Crippen molar-refractivity contribution < 1.29 is 4.74 Å². The maximum atomic E-state index is 5.30. The third kappa shape index (κ3) is 5.01. The van der Waals surface area contributed by atoms with E-state index in [1.165, 1.54) is 37.8 Å². The summed E-state index contributed by atoms with van der Waals surface area (Å²) >= 11 is 0. The molecule has 0 amide bonds. The average Bonchev–Trinajstić information content (AvgIpc) is 2.92. The summed E-state index contributed by atoms with van der Waals surface area (Å²) in [5.41, 5.74) is 1.33. The Hall–Kier alpha value is -1.06. The van der Waals surface area contributed by atoms with Crippen LogP contribution in [0, 0.1) is 5.92 Å². The zero-order valence-electron chi connectivity index (χ0n) is 13.8. The van der Waals surface area contributed by atoms with E-state index in [4.69, 9.17) is 4.74 Å². The number of rotatable bonds is 8. The van der Waals surface area contributed by atoms with Crippen molar-refractivity contribution in [1.82, 2.24) is 10.2 Å². The lowest BCUT2D eigenvalue weighted by Gasteiger charge is -2.26. The van der Waals surface area contributed by atoms with E-state index in [0.717, 1.165) is 30.8 Å². The van der Waals surface area contributed by atoms with Gasteiger partial charge in [0.15, 0.2) is 0 Å². The largest absolute Gasteiger partial charge is 0.497 e. The van der Waals surface area contributed by atoms with Crippen LogP contribution in [0.5, 0.6) is 5.75 Å². The minimum Gasteiger partial charge on any atom is -0.497 e. The highest BCUT2D eigenvalue weighted by Crippen LogP contribution is 2.26. The van der Waals surface area contributed by atoms with Crippen molar-refractivity contribution in [3.05, 3.63) is 29.8 Å². The topological polar surface area (TPSA) is 24.5 Å². The Morgan fingerprint density at radius 3 is 2.95 bits per heavy atom. The molecule has 0 aromatic heterocycles. The molecule has 1 aliphatic carbocycles. The summed E-state index contributed by atoms with van der Waals surface area (Å²) in [5.74, 6) is 1.75. The maximum Gasteiger partial charge on any atom is 0.119 e. The molecule has 0 spiro atoms. The minimum absolute atomic E-state index is 0.720. The Balaban J connectivity index is 1.84. The summed E-state index contributed by atoms with van der Waals surface area (Å²) in [7, 11) is 3.96. The quantitative estimate of drug-likeness (QED) is 0.795. The van der Waals surface area contributed by atoms with Gasteiger partial charge in [0, 0.05) is 19.1 Å². The molecule has 0 bridgehead atoms. The van der Waals surface area contributed by atoms with Gasteiger partial charge in [-0.1, -0.05) is 25.5 Å². The highest BCUT2D eigenvalue weighted by molar-refractivity contribution is 5.28. The third-order valence-corrected chi connectivity index (χ3v) is 4.45. The first kappa shape index (κ1) is 16.3. The molecular formula is C18H30N2O. The van der Waals surface area contributed by atoms with Crippen LogP contribution >= 0.6 is 0 Å². The molecule has 118 valence electrons. The minimum atomic E-state index is 0.720. The van der Waals surface area contributed by atoms with Gasteiger partial charge < -0.3 is 15.0 Å². The van der Waals surface area contributed by atoms with Crippen molar-refractivity contribution in [2.75, 3.05) is 27.2 Å². The number of benzene rings is 1. The lowest BCUT2D eigenvalue weighted by Crippen LogP contribution is -2.38. The molecule has 1 aliphatic rings. The fourth-order valence-electron chi connectivity index (χ4n) is 3.40. The van der Waals surface area contributed by atoms with Crippen LogP contribution < -0.4 is 10.1 Å². The number of ether oxygens (including phenoxy) is 1. The molecule has 0 aliphatic heterocycles. The van der Waals surface area contributed by atoms with E-state index in [-0.39, 0.29) is 0 Å². The second-order valence-electron chi connectivity index (χ2n) is 6.30. The van der Waals surface area contributed by atoms with E-state index in [1.807, 2.05) is 6.07 Å². The number of nitrogens with zero attached hydrogens (tertiary/aromatic N) is 1. The summed E-state index contributed by atoms with van der Waals surface area (Å²) in [4.78, 5) is 2.45. The molecule has 1 fully saturated rings. The first-order chi connectivity index (χ1) is 10.2. The molecule has 2 rings (SSSR count). The van der Waals surface area contributed by atoms with E-state index in [1.54, 1.807) is 7.11 Å². The SMILES string of the molecule is CCCNC1CCCC1CN(C)Cc1cccc(OC)c1. The fraction of sp³-hybridized carbons (Fsp3) is 0.667. The second-order valence-corrected chi connectivity index (χ2v) is 6.30. The summed E-state index contributed by atoms with van der Waals surface area (Å²) in [5, 5.41) is 3.72. The van der Waals surface area contributed by atoms with Crippen molar-refractivity contribution in [2.24, 2.45) is 5.92 Å². The zero-order chi connectivity index (χ0) is 15.1. The molecule has 1 aromatic carbocycles. The number of hydrogen-bond donors (Lipinski definition) is 1. The van der Waals surface area contributed by atoms with Gasteiger partial charge in [-0.05, 0) is 56.5 Å². The Morgan fingerprint density at radius 1 is 1.33 bits per heavy atom. The summed E-state index contributed by atoms with van der Waals surface area (Å²) in [6.07, 6.45) is 5.31. The van der Waals surface area contributed by atoms with Gasteiger partial charge in [0.25, 0.3) is 0 Å². The van der Waals surface area contributed by atoms with E-state index in [9.17, 15) is 0 Å². The van der Waals surface area contributed by atoms with E-state index in [2.05, 4.69) is 42.4 Å². The monoisotopic (exact) mass is 290 g/mol. The Morgan fingerprint density at radius 2 is 2.19 bits per heavy atom. The molecule has 21 heavy (non-hydrogen) atoms. The van der Waals surface area contributed by atoms with Crippen LogP contribution in [-0.2, 0) is 6.54 Å². The smallest absolute Gasteiger partial charge is 0.119 e. The highest BCUT2D eigenvalue weighted by Gasteiger charge is 2.27.